The molecule has 0 aliphatic carbocycles. The summed E-state index contributed by atoms with van der Waals surface area (Å²) in [6.45, 7) is 5.27. The Morgan fingerprint density at radius 2 is 1.88 bits per heavy atom. The Morgan fingerprint density at radius 1 is 1.17 bits per heavy atom. The monoisotopic (exact) mass is 354 g/mol. The van der Waals surface area contributed by atoms with E-state index in [-0.39, 0.29) is 11.3 Å². The number of nitrogens with one attached hydrogen (secondary N) is 1. The number of rotatable bonds is 2. The van der Waals surface area contributed by atoms with Crippen molar-refractivity contribution < 1.29 is 18.0 Å². The number of nitrogens with zero attached hydrogens (tertiary/aromatic N) is 3. The minimum absolute atomic E-state index is 0.0570. The molecule has 0 unspecified atom stereocenters. The van der Waals surface area contributed by atoms with E-state index in [1.165, 1.54) is 17.4 Å². The van der Waals surface area contributed by atoms with E-state index in [4.69, 9.17) is 0 Å². The van der Waals surface area contributed by atoms with Crippen LogP contribution in [-0.2, 0) is 6.18 Å². The quantitative estimate of drug-likeness (QED) is 0.757. The maximum Gasteiger partial charge on any atom is 0.417 e. The highest BCUT2D eigenvalue weighted by Gasteiger charge is 2.31. The van der Waals surface area contributed by atoms with Crippen molar-refractivity contribution in [2.24, 2.45) is 0 Å². The first-order valence-corrected chi connectivity index (χ1v) is 7.80. The van der Waals surface area contributed by atoms with Crippen LogP contribution in [0, 0.1) is 20.8 Å². The average Bonchev–Trinajstić information content (AvgIpc) is 2.95. The van der Waals surface area contributed by atoms with Gasteiger partial charge in [-0.15, -0.1) is 11.3 Å². The molecular weight excluding hydrogens is 341 g/mol. The van der Waals surface area contributed by atoms with Crippen LogP contribution in [0.5, 0.6) is 0 Å². The van der Waals surface area contributed by atoms with E-state index in [2.05, 4.69) is 15.3 Å². The molecule has 1 N–H and O–H groups in total. The number of aryl methyl sites for hydroxylation is 3. The molecule has 0 saturated carbocycles. The molecule has 0 saturated heterocycles. The Bertz CT molecular complexity index is 923. The van der Waals surface area contributed by atoms with Gasteiger partial charge in [-0.1, -0.05) is 0 Å². The molecule has 0 radical (unpaired) electrons. The highest BCUT2D eigenvalue weighted by Crippen LogP contribution is 2.30. The van der Waals surface area contributed by atoms with Crippen molar-refractivity contribution in [1.82, 2.24) is 14.4 Å². The Balaban J connectivity index is 2.04. The van der Waals surface area contributed by atoms with Gasteiger partial charge in [0.05, 0.1) is 17.0 Å². The summed E-state index contributed by atoms with van der Waals surface area (Å²) in [5.74, 6) is -0.548. The highest BCUT2D eigenvalue weighted by molar-refractivity contribution is 7.15. The molecule has 1 amide bonds. The number of aromatic nitrogens is 3. The summed E-state index contributed by atoms with van der Waals surface area (Å²) in [5.41, 5.74) is 0.627. The summed E-state index contributed by atoms with van der Waals surface area (Å²) >= 11 is 1.31. The molecule has 0 aliphatic rings. The van der Waals surface area contributed by atoms with Gasteiger partial charge < -0.3 is 0 Å². The number of carbonyl (C=O) groups is 1. The van der Waals surface area contributed by atoms with Crippen molar-refractivity contribution in [2.75, 3.05) is 5.32 Å². The number of alkyl halides is 3. The predicted octanol–water partition coefficient (Wildman–Crippen LogP) is 3.99. The summed E-state index contributed by atoms with van der Waals surface area (Å²) < 4.78 is 39.9. The van der Waals surface area contributed by atoms with Crippen LogP contribution in [0.15, 0.2) is 18.3 Å². The minimum atomic E-state index is -4.50. The molecule has 24 heavy (non-hydrogen) atoms. The fraction of sp³-hybridized carbons (Fsp3) is 0.267. The predicted molar refractivity (Wildman–Crippen MR) is 84.5 cm³/mol. The molecule has 3 aromatic rings. The molecule has 126 valence electrons. The smallest absolute Gasteiger partial charge is 0.296 e. The lowest BCUT2D eigenvalue weighted by molar-refractivity contribution is -0.137. The summed E-state index contributed by atoms with van der Waals surface area (Å²) in [4.78, 5) is 21.8. The molecule has 0 aromatic carbocycles. The van der Waals surface area contributed by atoms with Gasteiger partial charge in [0, 0.05) is 11.1 Å². The Hall–Kier alpha value is -2.42. The highest BCUT2D eigenvalue weighted by atomic mass is 32.1. The van der Waals surface area contributed by atoms with Crippen LogP contribution < -0.4 is 5.32 Å². The van der Waals surface area contributed by atoms with Crippen molar-refractivity contribution in [3.63, 3.8) is 0 Å². The first-order valence-electron chi connectivity index (χ1n) is 6.98. The number of pyridine rings is 1. The van der Waals surface area contributed by atoms with Crippen LogP contribution in [0.3, 0.4) is 0 Å². The Labute approximate surface area is 139 Å². The van der Waals surface area contributed by atoms with E-state index in [9.17, 15) is 18.0 Å². The third kappa shape index (κ3) is 2.86. The van der Waals surface area contributed by atoms with Crippen molar-refractivity contribution in [3.05, 3.63) is 45.9 Å². The first kappa shape index (κ1) is 16.4. The lowest BCUT2D eigenvalue weighted by atomic mass is 10.2. The largest absolute Gasteiger partial charge is 0.417 e. The van der Waals surface area contributed by atoms with E-state index in [1.54, 1.807) is 6.92 Å². The van der Waals surface area contributed by atoms with E-state index in [1.807, 2.05) is 13.8 Å². The maximum absolute atomic E-state index is 12.9. The van der Waals surface area contributed by atoms with Crippen LogP contribution >= 0.6 is 11.3 Å². The second-order valence-electron chi connectivity index (χ2n) is 5.30. The molecule has 0 bridgehead atoms. The van der Waals surface area contributed by atoms with Gasteiger partial charge in [0.15, 0.2) is 5.13 Å². The van der Waals surface area contributed by atoms with Crippen LogP contribution in [-0.4, -0.2) is 20.3 Å². The van der Waals surface area contributed by atoms with E-state index in [0.717, 1.165) is 27.2 Å². The zero-order valence-corrected chi connectivity index (χ0v) is 13.8. The molecular formula is C15H13F3N4OS. The van der Waals surface area contributed by atoms with Crippen LogP contribution in [0.1, 0.15) is 32.3 Å². The van der Waals surface area contributed by atoms with E-state index < -0.39 is 17.6 Å². The van der Waals surface area contributed by atoms with E-state index >= 15 is 0 Å². The molecule has 0 aliphatic heterocycles. The summed E-state index contributed by atoms with van der Waals surface area (Å²) in [5, 5.41) is 3.02. The van der Waals surface area contributed by atoms with Crippen molar-refractivity contribution in [1.29, 1.82) is 0 Å². The average molecular weight is 354 g/mol. The normalized spacial score (nSPS) is 11.9. The number of thiazole rings is 1. The van der Waals surface area contributed by atoms with Gasteiger partial charge in [0.2, 0.25) is 0 Å². The number of imidazole rings is 1. The number of fused-ring (bicyclic) bond motifs is 1. The zero-order chi connectivity index (χ0) is 17.6. The molecule has 5 nitrogen and oxygen atoms in total. The van der Waals surface area contributed by atoms with Crippen molar-refractivity contribution >= 4 is 28.0 Å². The Kier molecular flexibility index (Phi) is 3.83. The second-order valence-corrected chi connectivity index (χ2v) is 6.51. The fourth-order valence-corrected chi connectivity index (χ4v) is 3.10. The molecule has 9 heteroatoms. The standard InChI is InChI=1S/C15H13F3N4OS/c1-7-9(3)24-14(20-7)21-13(23)12-8(2)19-11-5-4-10(6-22(11)12)15(16,17)18/h4-6H,1-3H3,(H,20,21,23). The van der Waals surface area contributed by atoms with E-state index in [0.29, 0.717) is 10.8 Å². The zero-order valence-electron chi connectivity index (χ0n) is 13.0. The number of halogens is 3. The number of amides is 1. The number of hydrogen-bond donors (Lipinski definition) is 1. The minimum Gasteiger partial charge on any atom is -0.296 e. The van der Waals surface area contributed by atoms with Crippen molar-refractivity contribution in [3.8, 4) is 0 Å². The van der Waals surface area contributed by atoms with Gasteiger partial charge in [0.1, 0.15) is 11.3 Å². The second kappa shape index (κ2) is 5.59. The third-order valence-corrected chi connectivity index (χ3v) is 4.57. The number of anilines is 1. The molecule has 0 fully saturated rings. The van der Waals surface area contributed by atoms with Gasteiger partial charge in [0.25, 0.3) is 5.91 Å². The third-order valence-electron chi connectivity index (χ3n) is 3.58. The Morgan fingerprint density at radius 3 is 2.46 bits per heavy atom. The molecule has 3 heterocycles. The van der Waals surface area contributed by atoms with Gasteiger partial charge in [-0.25, -0.2) is 9.97 Å². The number of carbonyl (C=O) groups excluding carboxylic acids is 1. The molecule has 3 rings (SSSR count). The van der Waals surface area contributed by atoms with Gasteiger partial charge in [-0.05, 0) is 32.9 Å². The van der Waals surface area contributed by atoms with Crippen LogP contribution in [0.25, 0.3) is 5.65 Å². The van der Waals surface area contributed by atoms with Crippen LogP contribution in [0.4, 0.5) is 18.3 Å². The topological polar surface area (TPSA) is 59.3 Å². The summed E-state index contributed by atoms with van der Waals surface area (Å²) in [6, 6.07) is 2.18. The summed E-state index contributed by atoms with van der Waals surface area (Å²) in [6.07, 6.45) is -3.62. The van der Waals surface area contributed by atoms with Crippen LogP contribution in [0.2, 0.25) is 0 Å². The lowest BCUT2D eigenvalue weighted by Gasteiger charge is -2.08. The number of hydrogen-bond acceptors (Lipinski definition) is 4. The molecule has 3 aromatic heterocycles. The SMILES string of the molecule is Cc1nc(NC(=O)c2c(C)nc3ccc(C(F)(F)F)cn23)sc1C. The van der Waals surface area contributed by atoms with Gasteiger partial charge in [-0.2, -0.15) is 13.2 Å². The molecule has 0 atom stereocenters. The first-order chi connectivity index (χ1) is 11.2. The lowest BCUT2D eigenvalue weighted by Crippen LogP contribution is -2.16. The van der Waals surface area contributed by atoms with Gasteiger partial charge in [-0.3, -0.25) is 14.5 Å². The maximum atomic E-state index is 12.9. The molecule has 0 spiro atoms. The van der Waals surface area contributed by atoms with Crippen molar-refractivity contribution in [2.45, 2.75) is 26.9 Å². The summed E-state index contributed by atoms with van der Waals surface area (Å²) in [7, 11) is 0. The van der Waals surface area contributed by atoms with Gasteiger partial charge >= 0.3 is 6.18 Å². The fourth-order valence-electron chi connectivity index (χ4n) is 2.29.